The normalized spacial score (nSPS) is 17.1. The fourth-order valence-corrected chi connectivity index (χ4v) is 4.84. The number of benzene rings is 2. The van der Waals surface area contributed by atoms with Gasteiger partial charge in [-0.2, -0.15) is 0 Å². The molecule has 1 saturated heterocycles. The lowest BCUT2D eigenvalue weighted by Gasteiger charge is -2.23. The number of likely N-dealkylation sites (tertiary alicyclic amines) is 1. The van der Waals surface area contributed by atoms with Crippen molar-refractivity contribution >= 4 is 28.4 Å². The summed E-state index contributed by atoms with van der Waals surface area (Å²) in [4.78, 5) is 31.1. The number of H-pyrrole nitrogens is 1. The number of amides is 1. The maximum atomic E-state index is 13.2. The zero-order chi connectivity index (χ0) is 25.8. The Balaban J connectivity index is 1.42. The van der Waals surface area contributed by atoms with Crippen molar-refractivity contribution in [1.29, 1.82) is 0 Å². The summed E-state index contributed by atoms with van der Waals surface area (Å²) < 4.78 is 11.4. The summed E-state index contributed by atoms with van der Waals surface area (Å²) in [5, 5.41) is 12.3. The van der Waals surface area contributed by atoms with E-state index in [1.165, 1.54) is 11.2 Å². The number of hydrogen-bond acceptors (Lipinski definition) is 5. The third-order valence-electron chi connectivity index (χ3n) is 6.79. The molecular weight excluding hydrogens is 468 g/mol. The Morgan fingerprint density at radius 2 is 1.86 bits per heavy atom. The molecule has 1 aliphatic heterocycles. The lowest BCUT2D eigenvalue weighted by Crippen LogP contribution is -2.31. The summed E-state index contributed by atoms with van der Waals surface area (Å²) in [5.41, 5.74) is 2.52. The van der Waals surface area contributed by atoms with Crippen molar-refractivity contribution in [2.75, 3.05) is 13.2 Å². The zero-order valence-corrected chi connectivity index (χ0v) is 20.8. The van der Waals surface area contributed by atoms with E-state index >= 15 is 0 Å². The molecule has 190 valence electrons. The number of carbonyl (C=O) groups is 2. The van der Waals surface area contributed by atoms with Crippen LogP contribution in [0.2, 0.25) is 0 Å². The van der Waals surface area contributed by atoms with E-state index in [0.29, 0.717) is 36.6 Å². The van der Waals surface area contributed by atoms with Gasteiger partial charge in [-0.15, -0.1) is 0 Å². The SMILES string of the molecule is CCCCCOc1ccc(/C(O)=C2/C(=O)C(=O)N(CCc3c[nH]c4ccccc34)C2c2ccco2)cc1. The molecule has 0 bridgehead atoms. The summed E-state index contributed by atoms with van der Waals surface area (Å²) >= 11 is 0. The molecule has 37 heavy (non-hydrogen) atoms. The van der Waals surface area contributed by atoms with E-state index in [1.54, 1.807) is 36.4 Å². The maximum absolute atomic E-state index is 13.2. The molecule has 2 aromatic heterocycles. The van der Waals surface area contributed by atoms with E-state index in [2.05, 4.69) is 11.9 Å². The number of Topliss-reactive ketones (excluding diaryl/α,β-unsaturated/α-hetero) is 1. The number of nitrogens with one attached hydrogen (secondary N) is 1. The van der Waals surface area contributed by atoms with E-state index in [4.69, 9.17) is 9.15 Å². The van der Waals surface area contributed by atoms with Crippen molar-refractivity contribution < 1.29 is 23.8 Å². The number of fused-ring (bicyclic) bond motifs is 1. The second-order valence-electron chi connectivity index (χ2n) is 9.20. The third kappa shape index (κ3) is 4.89. The van der Waals surface area contributed by atoms with E-state index in [1.807, 2.05) is 30.5 Å². The van der Waals surface area contributed by atoms with E-state index in [9.17, 15) is 14.7 Å². The number of aliphatic hydroxyl groups is 1. The van der Waals surface area contributed by atoms with Gasteiger partial charge in [-0.3, -0.25) is 9.59 Å². The number of aromatic amines is 1. The van der Waals surface area contributed by atoms with Gasteiger partial charge in [0.15, 0.2) is 0 Å². The Labute approximate surface area is 215 Å². The van der Waals surface area contributed by atoms with Gasteiger partial charge in [-0.05, 0) is 60.9 Å². The number of aromatic nitrogens is 1. The van der Waals surface area contributed by atoms with Gasteiger partial charge < -0.3 is 24.1 Å². The zero-order valence-electron chi connectivity index (χ0n) is 20.8. The summed E-state index contributed by atoms with van der Waals surface area (Å²) in [6.07, 6.45) is 7.16. The molecule has 7 heteroatoms. The minimum Gasteiger partial charge on any atom is -0.507 e. The molecule has 2 N–H and O–H groups in total. The van der Waals surface area contributed by atoms with Crippen LogP contribution in [0, 0.1) is 0 Å². The van der Waals surface area contributed by atoms with Gasteiger partial charge in [-0.25, -0.2) is 0 Å². The molecule has 1 atom stereocenters. The van der Waals surface area contributed by atoms with Crippen molar-refractivity contribution in [3.63, 3.8) is 0 Å². The van der Waals surface area contributed by atoms with Gasteiger partial charge in [0.05, 0.1) is 18.4 Å². The Morgan fingerprint density at radius 1 is 1.05 bits per heavy atom. The Morgan fingerprint density at radius 3 is 2.62 bits per heavy atom. The number of unbranched alkanes of at least 4 members (excludes halogenated alkanes) is 2. The number of nitrogens with zero attached hydrogens (tertiary/aromatic N) is 1. The highest BCUT2D eigenvalue weighted by Gasteiger charge is 2.47. The van der Waals surface area contributed by atoms with Crippen molar-refractivity contribution in [3.8, 4) is 5.75 Å². The van der Waals surface area contributed by atoms with E-state index < -0.39 is 17.7 Å². The van der Waals surface area contributed by atoms with Crippen LogP contribution in [0.25, 0.3) is 16.7 Å². The topological polar surface area (TPSA) is 95.8 Å². The Kier molecular flexibility index (Phi) is 7.12. The van der Waals surface area contributed by atoms with E-state index in [0.717, 1.165) is 35.7 Å². The number of hydrogen-bond donors (Lipinski definition) is 2. The van der Waals surface area contributed by atoms with Gasteiger partial charge >= 0.3 is 0 Å². The van der Waals surface area contributed by atoms with Crippen LogP contribution in [-0.4, -0.2) is 39.8 Å². The molecule has 1 unspecified atom stereocenters. The van der Waals surface area contributed by atoms with Crippen LogP contribution in [0.3, 0.4) is 0 Å². The molecule has 1 aliphatic rings. The molecule has 0 radical (unpaired) electrons. The first-order valence-corrected chi connectivity index (χ1v) is 12.7. The standard InChI is InChI=1S/C30H30N2O5/c1-2-3-6-17-36-22-13-11-20(12-14-22)28(33)26-27(25-10-7-18-37-25)32(30(35)29(26)34)16-15-21-19-31-24-9-5-4-8-23(21)24/h4-5,7-14,18-19,27,31,33H,2-3,6,15-17H2,1H3/b28-26-. The molecule has 0 spiro atoms. The monoisotopic (exact) mass is 498 g/mol. The van der Waals surface area contributed by atoms with Gasteiger partial charge in [0.25, 0.3) is 11.7 Å². The minimum absolute atomic E-state index is 0.0236. The first kappa shape index (κ1) is 24.4. The second-order valence-corrected chi connectivity index (χ2v) is 9.20. The summed E-state index contributed by atoms with van der Waals surface area (Å²) in [6.45, 7) is 3.05. The molecule has 1 amide bonds. The average molecular weight is 499 g/mol. The predicted molar refractivity (Wildman–Crippen MR) is 141 cm³/mol. The van der Waals surface area contributed by atoms with Crippen LogP contribution in [0.1, 0.15) is 49.1 Å². The van der Waals surface area contributed by atoms with E-state index in [-0.39, 0.29) is 11.3 Å². The number of carbonyl (C=O) groups excluding carboxylic acids is 2. The van der Waals surface area contributed by atoms with Gasteiger partial charge in [0.1, 0.15) is 23.3 Å². The summed E-state index contributed by atoms with van der Waals surface area (Å²) in [7, 11) is 0. The average Bonchev–Trinajstić information content (AvgIpc) is 3.65. The van der Waals surface area contributed by atoms with Crippen LogP contribution in [0.15, 0.2) is 83.1 Å². The number of para-hydroxylation sites is 1. The molecule has 5 rings (SSSR count). The molecule has 4 aromatic rings. The third-order valence-corrected chi connectivity index (χ3v) is 6.79. The number of ketones is 1. The van der Waals surface area contributed by atoms with Gasteiger partial charge in [0.2, 0.25) is 0 Å². The highest BCUT2D eigenvalue weighted by Crippen LogP contribution is 2.40. The largest absolute Gasteiger partial charge is 0.507 e. The molecule has 3 heterocycles. The number of ether oxygens (including phenoxy) is 1. The molecule has 0 aliphatic carbocycles. The fraction of sp³-hybridized carbons (Fsp3) is 0.267. The number of furan rings is 1. The molecule has 0 saturated carbocycles. The quantitative estimate of drug-likeness (QED) is 0.121. The smallest absolute Gasteiger partial charge is 0.295 e. The lowest BCUT2D eigenvalue weighted by atomic mass is 9.99. The molecule has 1 fully saturated rings. The first-order valence-electron chi connectivity index (χ1n) is 12.7. The van der Waals surface area contributed by atoms with Gasteiger partial charge in [0, 0.05) is 29.2 Å². The first-order chi connectivity index (χ1) is 18.1. The lowest BCUT2D eigenvalue weighted by molar-refractivity contribution is -0.140. The minimum atomic E-state index is -0.815. The van der Waals surface area contributed by atoms with Crippen molar-refractivity contribution in [2.24, 2.45) is 0 Å². The molecular formula is C30H30N2O5. The van der Waals surface area contributed by atoms with Crippen molar-refractivity contribution in [2.45, 2.75) is 38.6 Å². The number of rotatable bonds is 10. The second kappa shape index (κ2) is 10.8. The van der Waals surface area contributed by atoms with Crippen molar-refractivity contribution in [3.05, 3.63) is 95.6 Å². The summed E-state index contributed by atoms with van der Waals surface area (Å²) in [5.74, 6) is -0.492. The highest BCUT2D eigenvalue weighted by molar-refractivity contribution is 6.46. The van der Waals surface area contributed by atoms with Gasteiger partial charge in [-0.1, -0.05) is 38.0 Å². The Bertz CT molecular complexity index is 1420. The Hall–Kier alpha value is -4.26. The van der Waals surface area contributed by atoms with Crippen LogP contribution in [0.5, 0.6) is 5.75 Å². The van der Waals surface area contributed by atoms with Crippen LogP contribution >= 0.6 is 0 Å². The molecule has 2 aromatic carbocycles. The van der Waals surface area contributed by atoms with Crippen LogP contribution < -0.4 is 4.74 Å². The number of aliphatic hydroxyl groups excluding tert-OH is 1. The van der Waals surface area contributed by atoms with Crippen LogP contribution in [-0.2, 0) is 16.0 Å². The summed E-state index contributed by atoms with van der Waals surface area (Å²) in [6, 6.07) is 17.5. The maximum Gasteiger partial charge on any atom is 0.295 e. The molecule has 7 nitrogen and oxygen atoms in total. The highest BCUT2D eigenvalue weighted by atomic mass is 16.5. The van der Waals surface area contributed by atoms with Crippen LogP contribution in [0.4, 0.5) is 0 Å². The van der Waals surface area contributed by atoms with Crippen molar-refractivity contribution in [1.82, 2.24) is 9.88 Å². The predicted octanol–water partition coefficient (Wildman–Crippen LogP) is 5.99. The fourth-order valence-electron chi connectivity index (χ4n) is 4.84.